The summed E-state index contributed by atoms with van der Waals surface area (Å²) in [5.74, 6) is -1.91. The van der Waals surface area contributed by atoms with Gasteiger partial charge in [0.05, 0.1) is 5.69 Å². The van der Waals surface area contributed by atoms with Crippen LogP contribution in [-0.2, 0) is 11.2 Å². The van der Waals surface area contributed by atoms with E-state index in [4.69, 9.17) is 0 Å². The Kier molecular flexibility index (Phi) is 5.56. The van der Waals surface area contributed by atoms with Gasteiger partial charge in [0.1, 0.15) is 17.4 Å². The van der Waals surface area contributed by atoms with Crippen molar-refractivity contribution >= 4 is 11.6 Å². The lowest BCUT2D eigenvalue weighted by atomic mass is 10.1. The minimum atomic E-state index is -3.02. The molecule has 0 unspecified atom stereocenters. The van der Waals surface area contributed by atoms with E-state index < -0.39 is 24.2 Å². The molecule has 7 heteroatoms. The van der Waals surface area contributed by atoms with E-state index in [-0.39, 0.29) is 29.8 Å². The molecule has 1 amide bonds. The van der Waals surface area contributed by atoms with Crippen molar-refractivity contribution < 1.29 is 27.1 Å². The third-order valence-electron chi connectivity index (χ3n) is 3.01. The second kappa shape index (κ2) is 7.62. The first-order valence-corrected chi connectivity index (χ1v) is 6.73. The van der Waals surface area contributed by atoms with Crippen molar-refractivity contribution in [1.29, 1.82) is 0 Å². The van der Waals surface area contributed by atoms with Crippen LogP contribution in [-0.4, -0.2) is 12.5 Å². The maximum atomic E-state index is 13.5. The Morgan fingerprint density at radius 3 is 2.61 bits per heavy atom. The average molecular weight is 327 g/mol. The van der Waals surface area contributed by atoms with Crippen LogP contribution in [0.5, 0.6) is 5.75 Å². The van der Waals surface area contributed by atoms with Crippen molar-refractivity contribution in [2.75, 3.05) is 5.32 Å². The highest BCUT2D eigenvalue weighted by molar-refractivity contribution is 5.92. The third kappa shape index (κ3) is 4.98. The number of hydrogen-bond acceptors (Lipinski definition) is 2. The minimum absolute atomic E-state index is 0.0205. The van der Waals surface area contributed by atoms with Gasteiger partial charge in [-0.25, -0.2) is 8.78 Å². The molecule has 23 heavy (non-hydrogen) atoms. The molecule has 0 spiro atoms. The largest absolute Gasteiger partial charge is 0.433 e. The molecule has 0 saturated heterocycles. The van der Waals surface area contributed by atoms with Crippen LogP contribution in [0.4, 0.5) is 23.2 Å². The quantitative estimate of drug-likeness (QED) is 0.810. The first-order valence-electron chi connectivity index (χ1n) is 6.73. The Hall–Kier alpha value is -2.57. The summed E-state index contributed by atoms with van der Waals surface area (Å²) in [6.45, 7) is -3.02. The summed E-state index contributed by atoms with van der Waals surface area (Å²) in [4.78, 5) is 11.8. The number of ether oxygens (including phenoxy) is 1. The van der Waals surface area contributed by atoms with E-state index in [2.05, 4.69) is 10.1 Å². The van der Waals surface area contributed by atoms with Crippen LogP contribution in [0.15, 0.2) is 42.5 Å². The van der Waals surface area contributed by atoms with Gasteiger partial charge in [0, 0.05) is 6.42 Å². The fraction of sp³-hybridized carbons (Fsp3) is 0.188. The number of amides is 1. The lowest BCUT2D eigenvalue weighted by molar-refractivity contribution is -0.116. The number of hydrogen-bond donors (Lipinski definition) is 1. The summed E-state index contributed by atoms with van der Waals surface area (Å²) in [5, 5.41) is 2.41. The number of aryl methyl sites for hydroxylation is 1. The molecule has 0 aliphatic rings. The molecular formula is C16H13F4NO2. The lowest BCUT2D eigenvalue weighted by Crippen LogP contribution is -2.14. The Morgan fingerprint density at radius 1 is 1.13 bits per heavy atom. The number of benzene rings is 2. The van der Waals surface area contributed by atoms with E-state index in [0.717, 1.165) is 18.2 Å². The summed E-state index contributed by atoms with van der Waals surface area (Å²) < 4.78 is 55.3. The molecule has 1 N–H and O–H groups in total. The molecule has 3 nitrogen and oxygen atoms in total. The maximum absolute atomic E-state index is 13.5. The molecular weight excluding hydrogens is 314 g/mol. The molecule has 0 aliphatic carbocycles. The Bertz CT molecular complexity index is 692. The summed E-state index contributed by atoms with van der Waals surface area (Å²) in [7, 11) is 0. The summed E-state index contributed by atoms with van der Waals surface area (Å²) >= 11 is 0. The number of para-hydroxylation sites is 2. The van der Waals surface area contributed by atoms with Gasteiger partial charge < -0.3 is 10.1 Å². The van der Waals surface area contributed by atoms with E-state index in [9.17, 15) is 22.4 Å². The minimum Gasteiger partial charge on any atom is -0.433 e. The van der Waals surface area contributed by atoms with Crippen LogP contribution >= 0.6 is 0 Å². The molecule has 0 saturated carbocycles. The van der Waals surface area contributed by atoms with Crippen LogP contribution < -0.4 is 10.1 Å². The van der Waals surface area contributed by atoms with E-state index in [1.165, 1.54) is 18.2 Å². The van der Waals surface area contributed by atoms with Crippen LogP contribution in [0.3, 0.4) is 0 Å². The highest BCUT2D eigenvalue weighted by Gasteiger charge is 2.12. The first kappa shape index (κ1) is 16.8. The number of halogens is 4. The van der Waals surface area contributed by atoms with Crippen LogP contribution in [0, 0.1) is 11.6 Å². The number of rotatable bonds is 6. The second-order valence-electron chi connectivity index (χ2n) is 4.66. The number of alkyl halides is 2. The predicted octanol–water partition coefficient (Wildman–Crippen LogP) is 4.14. The zero-order valence-corrected chi connectivity index (χ0v) is 11.9. The topological polar surface area (TPSA) is 38.3 Å². The molecule has 2 aromatic rings. The molecule has 0 radical (unpaired) electrons. The Morgan fingerprint density at radius 2 is 1.87 bits per heavy atom. The molecule has 0 aliphatic heterocycles. The van der Waals surface area contributed by atoms with Gasteiger partial charge in [-0.05, 0) is 42.3 Å². The van der Waals surface area contributed by atoms with Crippen LogP contribution in [0.2, 0.25) is 0 Å². The normalized spacial score (nSPS) is 10.7. The number of anilines is 1. The molecule has 0 aromatic heterocycles. The average Bonchev–Trinajstić information content (AvgIpc) is 2.50. The Labute approximate surface area is 129 Å². The smallest absolute Gasteiger partial charge is 0.387 e. The Balaban J connectivity index is 1.99. The fourth-order valence-electron chi connectivity index (χ4n) is 1.96. The fourth-order valence-corrected chi connectivity index (χ4v) is 1.96. The van der Waals surface area contributed by atoms with Crippen molar-refractivity contribution in [1.82, 2.24) is 0 Å². The van der Waals surface area contributed by atoms with Crippen molar-refractivity contribution in [2.45, 2.75) is 19.5 Å². The molecule has 0 bridgehead atoms. The zero-order chi connectivity index (χ0) is 16.8. The maximum Gasteiger partial charge on any atom is 0.387 e. The summed E-state index contributed by atoms with van der Waals surface area (Å²) in [5.41, 5.74) is 0.148. The monoisotopic (exact) mass is 327 g/mol. The molecule has 2 rings (SSSR count). The van der Waals surface area contributed by atoms with Crippen molar-refractivity contribution in [3.05, 3.63) is 59.7 Å². The van der Waals surface area contributed by atoms with Gasteiger partial charge in [-0.1, -0.05) is 12.1 Å². The SMILES string of the molecule is O=C(CCc1cc(F)ccc1F)Nc1ccccc1OC(F)F. The van der Waals surface area contributed by atoms with E-state index in [1.807, 2.05) is 0 Å². The summed E-state index contributed by atoms with van der Waals surface area (Å²) in [6, 6.07) is 8.68. The third-order valence-corrected chi connectivity index (χ3v) is 3.01. The van der Waals surface area contributed by atoms with Crippen molar-refractivity contribution in [3.8, 4) is 5.75 Å². The van der Waals surface area contributed by atoms with Gasteiger partial charge in [-0.2, -0.15) is 8.78 Å². The van der Waals surface area contributed by atoms with Gasteiger partial charge in [0.2, 0.25) is 5.91 Å². The van der Waals surface area contributed by atoms with Crippen LogP contribution in [0.25, 0.3) is 0 Å². The standard InChI is InChI=1S/C16H13F4NO2/c17-11-6-7-12(18)10(9-11)5-8-15(22)21-13-3-1-2-4-14(13)23-16(19)20/h1-4,6-7,9,16H,5,8H2,(H,21,22). The number of carbonyl (C=O) groups is 1. The summed E-state index contributed by atoms with van der Waals surface area (Å²) in [6.07, 6.45) is -0.156. The number of nitrogens with one attached hydrogen (secondary N) is 1. The second-order valence-corrected chi connectivity index (χ2v) is 4.66. The van der Waals surface area contributed by atoms with Crippen molar-refractivity contribution in [2.24, 2.45) is 0 Å². The van der Waals surface area contributed by atoms with Gasteiger partial charge >= 0.3 is 6.61 Å². The highest BCUT2D eigenvalue weighted by atomic mass is 19.3. The van der Waals surface area contributed by atoms with Crippen molar-refractivity contribution in [3.63, 3.8) is 0 Å². The van der Waals surface area contributed by atoms with Gasteiger partial charge in [-0.3, -0.25) is 4.79 Å². The van der Waals surface area contributed by atoms with E-state index >= 15 is 0 Å². The molecule has 0 heterocycles. The van der Waals surface area contributed by atoms with E-state index in [1.54, 1.807) is 6.07 Å². The van der Waals surface area contributed by atoms with Gasteiger partial charge in [-0.15, -0.1) is 0 Å². The molecule has 2 aromatic carbocycles. The van der Waals surface area contributed by atoms with Crippen LogP contribution in [0.1, 0.15) is 12.0 Å². The van der Waals surface area contributed by atoms with Gasteiger partial charge in [0.25, 0.3) is 0 Å². The number of carbonyl (C=O) groups excluding carboxylic acids is 1. The highest BCUT2D eigenvalue weighted by Crippen LogP contribution is 2.25. The first-order chi connectivity index (χ1) is 11.0. The van der Waals surface area contributed by atoms with E-state index in [0.29, 0.717) is 0 Å². The molecule has 122 valence electrons. The zero-order valence-electron chi connectivity index (χ0n) is 11.9. The lowest BCUT2D eigenvalue weighted by Gasteiger charge is -2.11. The molecule has 0 fully saturated rings. The predicted molar refractivity (Wildman–Crippen MR) is 76.4 cm³/mol. The molecule has 0 atom stereocenters. The van der Waals surface area contributed by atoms with Gasteiger partial charge in [0.15, 0.2) is 0 Å².